The average molecular weight is 272 g/mol. The van der Waals surface area contributed by atoms with Gasteiger partial charge in [0.15, 0.2) is 0 Å². The van der Waals surface area contributed by atoms with E-state index in [9.17, 15) is 18.0 Å². The summed E-state index contributed by atoms with van der Waals surface area (Å²) in [5, 5.41) is 0.969. The molecule has 6 heteroatoms. The van der Waals surface area contributed by atoms with Crippen molar-refractivity contribution in [3.05, 3.63) is 35.4 Å². The van der Waals surface area contributed by atoms with E-state index in [0.29, 0.717) is 6.42 Å². The van der Waals surface area contributed by atoms with Gasteiger partial charge >= 0.3 is 6.18 Å². The van der Waals surface area contributed by atoms with Crippen molar-refractivity contribution in [3.8, 4) is 0 Å². The SMILES string of the molecule is CCc1cccc([C@H](N2CCC(=O)N2)C(F)(F)F)c1. The van der Waals surface area contributed by atoms with Crippen LogP contribution in [0.15, 0.2) is 24.3 Å². The second-order valence-corrected chi connectivity index (χ2v) is 4.52. The second-order valence-electron chi connectivity index (χ2n) is 4.52. The fraction of sp³-hybridized carbons (Fsp3) is 0.462. The third-order valence-electron chi connectivity index (χ3n) is 3.14. The minimum absolute atomic E-state index is 0.0688. The summed E-state index contributed by atoms with van der Waals surface area (Å²) < 4.78 is 39.7. The molecular weight excluding hydrogens is 257 g/mol. The Bertz CT molecular complexity index is 473. The van der Waals surface area contributed by atoms with E-state index in [1.54, 1.807) is 18.2 Å². The number of amides is 1. The highest BCUT2D eigenvalue weighted by Crippen LogP contribution is 2.38. The van der Waals surface area contributed by atoms with Crippen molar-refractivity contribution < 1.29 is 18.0 Å². The van der Waals surface area contributed by atoms with Gasteiger partial charge in [-0.1, -0.05) is 31.2 Å². The van der Waals surface area contributed by atoms with Crippen molar-refractivity contribution in [3.63, 3.8) is 0 Å². The molecule has 1 aliphatic rings. The molecule has 0 spiro atoms. The lowest BCUT2D eigenvalue weighted by molar-refractivity contribution is -0.191. The number of carbonyl (C=O) groups is 1. The molecule has 1 heterocycles. The van der Waals surface area contributed by atoms with E-state index in [4.69, 9.17) is 0 Å². The summed E-state index contributed by atoms with van der Waals surface area (Å²) in [6.07, 6.45) is -3.66. The first-order valence-electron chi connectivity index (χ1n) is 6.13. The molecule has 0 radical (unpaired) electrons. The van der Waals surface area contributed by atoms with E-state index < -0.39 is 12.2 Å². The molecule has 1 atom stereocenters. The van der Waals surface area contributed by atoms with E-state index in [1.807, 2.05) is 6.92 Å². The second kappa shape index (κ2) is 5.21. The topological polar surface area (TPSA) is 32.3 Å². The smallest absolute Gasteiger partial charge is 0.288 e. The molecule has 1 fully saturated rings. The van der Waals surface area contributed by atoms with Crippen LogP contribution in [0.3, 0.4) is 0 Å². The molecule has 0 aromatic heterocycles. The van der Waals surface area contributed by atoms with Gasteiger partial charge in [0.1, 0.15) is 6.04 Å². The predicted octanol–water partition coefficient (Wildman–Crippen LogP) is 2.59. The normalized spacial score (nSPS) is 18.4. The Kier molecular flexibility index (Phi) is 3.80. The third-order valence-corrected chi connectivity index (χ3v) is 3.14. The molecule has 104 valence electrons. The van der Waals surface area contributed by atoms with E-state index in [0.717, 1.165) is 10.6 Å². The molecule has 1 N–H and O–H groups in total. The van der Waals surface area contributed by atoms with Crippen molar-refractivity contribution in [2.45, 2.75) is 32.0 Å². The minimum Gasteiger partial charge on any atom is -0.288 e. The van der Waals surface area contributed by atoms with E-state index in [1.165, 1.54) is 6.07 Å². The van der Waals surface area contributed by atoms with Crippen LogP contribution in [0.4, 0.5) is 13.2 Å². The van der Waals surface area contributed by atoms with Crippen molar-refractivity contribution in [1.82, 2.24) is 10.4 Å². The van der Waals surface area contributed by atoms with Crippen LogP contribution in [0.5, 0.6) is 0 Å². The molecule has 0 bridgehead atoms. The van der Waals surface area contributed by atoms with Crippen molar-refractivity contribution in [2.75, 3.05) is 6.54 Å². The summed E-state index contributed by atoms with van der Waals surface area (Å²) in [4.78, 5) is 11.1. The third kappa shape index (κ3) is 3.07. The Morgan fingerprint density at radius 2 is 2.16 bits per heavy atom. The number of carbonyl (C=O) groups excluding carboxylic acids is 1. The Morgan fingerprint density at radius 1 is 1.42 bits per heavy atom. The van der Waals surface area contributed by atoms with Gasteiger partial charge in [-0.05, 0) is 17.5 Å². The van der Waals surface area contributed by atoms with Gasteiger partial charge in [0.25, 0.3) is 0 Å². The monoisotopic (exact) mass is 272 g/mol. The first kappa shape index (κ1) is 13.9. The van der Waals surface area contributed by atoms with E-state index >= 15 is 0 Å². The van der Waals surface area contributed by atoms with Crippen LogP contribution in [0, 0.1) is 0 Å². The average Bonchev–Trinajstić information content (AvgIpc) is 2.74. The zero-order valence-corrected chi connectivity index (χ0v) is 10.5. The summed E-state index contributed by atoms with van der Waals surface area (Å²) in [5.74, 6) is -0.374. The number of rotatable bonds is 3. The lowest BCUT2D eigenvalue weighted by Gasteiger charge is -2.29. The Hall–Kier alpha value is -1.56. The number of benzene rings is 1. The van der Waals surface area contributed by atoms with Crippen molar-refractivity contribution in [1.29, 1.82) is 0 Å². The number of hydrazine groups is 1. The quantitative estimate of drug-likeness (QED) is 0.917. The summed E-state index contributed by atoms with van der Waals surface area (Å²) >= 11 is 0. The van der Waals surface area contributed by atoms with Crippen LogP contribution in [-0.2, 0) is 11.2 Å². The lowest BCUT2D eigenvalue weighted by Crippen LogP contribution is -2.43. The highest BCUT2D eigenvalue weighted by Gasteiger charge is 2.46. The Labute approximate surface area is 109 Å². The van der Waals surface area contributed by atoms with E-state index in [-0.39, 0.29) is 24.4 Å². The van der Waals surface area contributed by atoms with Crippen LogP contribution in [0.25, 0.3) is 0 Å². The first-order chi connectivity index (χ1) is 8.91. The van der Waals surface area contributed by atoms with Crippen molar-refractivity contribution >= 4 is 5.91 Å². The molecule has 1 aromatic carbocycles. The van der Waals surface area contributed by atoms with Gasteiger partial charge in [-0.25, -0.2) is 5.01 Å². The molecule has 1 saturated heterocycles. The van der Waals surface area contributed by atoms with E-state index in [2.05, 4.69) is 5.43 Å². The van der Waals surface area contributed by atoms with Crippen LogP contribution >= 0.6 is 0 Å². The van der Waals surface area contributed by atoms with Gasteiger partial charge in [-0.2, -0.15) is 13.2 Å². The Balaban J connectivity index is 2.34. The molecule has 2 rings (SSSR count). The van der Waals surface area contributed by atoms with Crippen LogP contribution < -0.4 is 5.43 Å². The van der Waals surface area contributed by atoms with Gasteiger partial charge in [0, 0.05) is 13.0 Å². The Morgan fingerprint density at radius 3 is 2.68 bits per heavy atom. The van der Waals surface area contributed by atoms with Crippen LogP contribution in [0.2, 0.25) is 0 Å². The minimum atomic E-state index is -4.43. The number of halogens is 3. The zero-order chi connectivity index (χ0) is 14.0. The molecule has 1 amide bonds. The number of nitrogens with one attached hydrogen (secondary N) is 1. The number of alkyl halides is 3. The standard InChI is InChI=1S/C13H15F3N2O/c1-2-9-4-3-5-10(8-9)12(13(14,15)16)18-7-6-11(19)17-18/h3-5,8,12H,2,6-7H2,1H3,(H,17,19)/t12-/m0/s1. The summed E-state index contributed by atoms with van der Waals surface area (Å²) in [5.41, 5.74) is 3.28. The maximum Gasteiger partial charge on any atom is 0.409 e. The van der Waals surface area contributed by atoms with Gasteiger partial charge in [-0.3, -0.25) is 10.2 Å². The van der Waals surface area contributed by atoms with Crippen LogP contribution in [-0.4, -0.2) is 23.6 Å². The van der Waals surface area contributed by atoms with Gasteiger partial charge in [-0.15, -0.1) is 0 Å². The maximum atomic E-state index is 13.2. The molecule has 1 aliphatic heterocycles. The fourth-order valence-electron chi connectivity index (χ4n) is 2.22. The van der Waals surface area contributed by atoms with Gasteiger partial charge < -0.3 is 0 Å². The largest absolute Gasteiger partial charge is 0.409 e. The summed E-state index contributed by atoms with van der Waals surface area (Å²) in [7, 11) is 0. The van der Waals surface area contributed by atoms with Crippen LogP contribution in [0.1, 0.15) is 30.5 Å². The molecule has 3 nitrogen and oxygen atoms in total. The van der Waals surface area contributed by atoms with Crippen molar-refractivity contribution in [2.24, 2.45) is 0 Å². The highest BCUT2D eigenvalue weighted by molar-refractivity contribution is 5.77. The first-order valence-corrected chi connectivity index (χ1v) is 6.13. The van der Waals surface area contributed by atoms with Gasteiger partial charge in [0.2, 0.25) is 5.91 Å². The number of hydrogen-bond donors (Lipinski definition) is 1. The molecule has 0 aliphatic carbocycles. The molecule has 0 saturated carbocycles. The predicted molar refractivity (Wildman–Crippen MR) is 64.1 cm³/mol. The fourth-order valence-corrected chi connectivity index (χ4v) is 2.22. The van der Waals surface area contributed by atoms with Gasteiger partial charge in [0.05, 0.1) is 0 Å². The molecular formula is C13H15F3N2O. The number of aryl methyl sites for hydroxylation is 1. The number of hydrogen-bond acceptors (Lipinski definition) is 2. The molecule has 19 heavy (non-hydrogen) atoms. The maximum absolute atomic E-state index is 13.2. The highest BCUT2D eigenvalue weighted by atomic mass is 19.4. The summed E-state index contributed by atoms with van der Waals surface area (Å²) in [6.45, 7) is 1.96. The number of nitrogens with zero attached hydrogens (tertiary/aromatic N) is 1. The molecule has 1 aromatic rings. The summed E-state index contributed by atoms with van der Waals surface area (Å²) in [6, 6.07) is 4.61. The molecule has 0 unspecified atom stereocenters. The zero-order valence-electron chi connectivity index (χ0n) is 10.5. The lowest BCUT2D eigenvalue weighted by atomic mass is 10.0.